The lowest BCUT2D eigenvalue weighted by molar-refractivity contribution is 0.0319. The van der Waals surface area contributed by atoms with Gasteiger partial charge in [-0.3, -0.25) is 0 Å². The van der Waals surface area contributed by atoms with Crippen molar-refractivity contribution in [1.82, 2.24) is 5.32 Å². The van der Waals surface area contributed by atoms with Crippen molar-refractivity contribution >= 4 is 11.6 Å². The van der Waals surface area contributed by atoms with Crippen LogP contribution in [-0.4, -0.2) is 18.8 Å². The first-order valence-electron chi connectivity index (χ1n) is 7.18. The third-order valence-corrected chi connectivity index (χ3v) is 4.34. The first-order chi connectivity index (χ1) is 9.02. The summed E-state index contributed by atoms with van der Waals surface area (Å²) in [5, 5.41) is 4.38. The van der Waals surface area contributed by atoms with Crippen molar-refractivity contribution in [1.29, 1.82) is 0 Å². The Morgan fingerprint density at radius 3 is 2.58 bits per heavy atom. The normalized spacial score (nSPS) is 24.7. The van der Waals surface area contributed by atoms with E-state index in [1.807, 2.05) is 0 Å². The Morgan fingerprint density at radius 1 is 1.32 bits per heavy atom. The van der Waals surface area contributed by atoms with E-state index in [1.54, 1.807) is 0 Å². The molecule has 1 heterocycles. The Kier molecular flexibility index (Phi) is 4.88. The van der Waals surface area contributed by atoms with Crippen LogP contribution in [0.2, 0.25) is 5.02 Å². The Labute approximate surface area is 121 Å². The molecule has 0 radical (unpaired) electrons. The molecule has 2 nitrogen and oxygen atoms in total. The van der Waals surface area contributed by atoms with Gasteiger partial charge < -0.3 is 10.1 Å². The van der Waals surface area contributed by atoms with E-state index in [4.69, 9.17) is 16.3 Å². The van der Waals surface area contributed by atoms with Crippen molar-refractivity contribution in [3.63, 3.8) is 0 Å². The van der Waals surface area contributed by atoms with Crippen LogP contribution in [-0.2, 0) is 4.74 Å². The molecule has 1 saturated heterocycles. The standard InChI is InChI=1S/C16H24ClNO/c1-5-18-16(15-7-6-12(4)19-15)13-8-10(2)11(3)9-14(13)17/h8-9,12,15-16,18H,5-7H2,1-4H3. The third-order valence-electron chi connectivity index (χ3n) is 4.01. The maximum absolute atomic E-state index is 6.45. The molecule has 1 aliphatic rings. The molecule has 106 valence electrons. The maximum Gasteiger partial charge on any atom is 0.0774 e. The number of rotatable bonds is 4. The second-order valence-corrected chi connectivity index (χ2v) is 5.96. The maximum atomic E-state index is 6.45. The summed E-state index contributed by atoms with van der Waals surface area (Å²) in [5.74, 6) is 0. The molecule has 1 aromatic rings. The van der Waals surface area contributed by atoms with Crippen molar-refractivity contribution < 1.29 is 4.74 Å². The first kappa shape index (κ1) is 14.8. The predicted molar refractivity (Wildman–Crippen MR) is 80.9 cm³/mol. The van der Waals surface area contributed by atoms with E-state index in [0.717, 1.165) is 24.4 Å². The molecule has 0 bridgehead atoms. The average Bonchev–Trinajstić information content (AvgIpc) is 2.78. The van der Waals surface area contributed by atoms with E-state index >= 15 is 0 Å². The molecule has 3 atom stereocenters. The zero-order chi connectivity index (χ0) is 14.0. The van der Waals surface area contributed by atoms with Gasteiger partial charge in [0.05, 0.1) is 18.2 Å². The SMILES string of the molecule is CCNC(c1cc(C)c(C)cc1Cl)C1CCC(C)O1. The van der Waals surface area contributed by atoms with Gasteiger partial charge in [-0.15, -0.1) is 0 Å². The number of aryl methyl sites for hydroxylation is 2. The van der Waals surface area contributed by atoms with Crippen molar-refractivity contribution in [2.45, 2.75) is 58.8 Å². The Hall–Kier alpha value is -0.570. The summed E-state index contributed by atoms with van der Waals surface area (Å²) in [7, 11) is 0. The van der Waals surface area contributed by atoms with Crippen LogP contribution < -0.4 is 5.32 Å². The number of hydrogen-bond acceptors (Lipinski definition) is 2. The van der Waals surface area contributed by atoms with Gasteiger partial charge in [0, 0.05) is 5.02 Å². The second kappa shape index (κ2) is 6.25. The minimum absolute atomic E-state index is 0.196. The van der Waals surface area contributed by atoms with E-state index in [1.165, 1.54) is 16.7 Å². The van der Waals surface area contributed by atoms with E-state index in [0.29, 0.717) is 6.10 Å². The summed E-state index contributed by atoms with van der Waals surface area (Å²) in [6.07, 6.45) is 2.82. The predicted octanol–water partition coefficient (Wildman–Crippen LogP) is 4.17. The monoisotopic (exact) mass is 281 g/mol. The van der Waals surface area contributed by atoms with E-state index in [9.17, 15) is 0 Å². The molecule has 0 saturated carbocycles. The van der Waals surface area contributed by atoms with Crippen LogP contribution >= 0.6 is 11.6 Å². The molecule has 2 rings (SSSR count). The van der Waals surface area contributed by atoms with E-state index < -0.39 is 0 Å². The minimum Gasteiger partial charge on any atom is -0.373 e. The van der Waals surface area contributed by atoms with Gasteiger partial charge in [0.1, 0.15) is 0 Å². The number of nitrogens with one attached hydrogen (secondary N) is 1. The van der Waals surface area contributed by atoms with Crippen LogP contribution in [0, 0.1) is 13.8 Å². The lowest BCUT2D eigenvalue weighted by atomic mass is 9.95. The molecule has 0 aliphatic carbocycles. The smallest absolute Gasteiger partial charge is 0.0774 e. The summed E-state index contributed by atoms with van der Waals surface area (Å²) < 4.78 is 6.03. The van der Waals surface area contributed by atoms with Crippen LogP contribution in [0.1, 0.15) is 49.4 Å². The van der Waals surface area contributed by atoms with Crippen LogP contribution in [0.15, 0.2) is 12.1 Å². The quantitative estimate of drug-likeness (QED) is 0.894. The number of hydrogen-bond donors (Lipinski definition) is 1. The Bertz CT molecular complexity index is 447. The topological polar surface area (TPSA) is 21.3 Å². The highest BCUT2D eigenvalue weighted by Crippen LogP contribution is 2.34. The van der Waals surface area contributed by atoms with Gasteiger partial charge in [0.2, 0.25) is 0 Å². The lowest BCUT2D eigenvalue weighted by Crippen LogP contribution is -2.32. The van der Waals surface area contributed by atoms with E-state index in [-0.39, 0.29) is 12.1 Å². The molecular formula is C16H24ClNO. The highest BCUT2D eigenvalue weighted by molar-refractivity contribution is 6.31. The molecule has 1 N–H and O–H groups in total. The van der Waals surface area contributed by atoms with Gasteiger partial charge in [-0.1, -0.05) is 24.6 Å². The van der Waals surface area contributed by atoms with Crippen LogP contribution in [0.4, 0.5) is 0 Å². The summed E-state index contributed by atoms with van der Waals surface area (Å²) in [4.78, 5) is 0. The van der Waals surface area contributed by atoms with Crippen molar-refractivity contribution in [2.75, 3.05) is 6.54 Å². The lowest BCUT2D eigenvalue weighted by Gasteiger charge is -2.26. The number of likely N-dealkylation sites (N-methyl/N-ethyl adjacent to an activating group) is 1. The fourth-order valence-electron chi connectivity index (χ4n) is 2.78. The summed E-state index contributed by atoms with van der Waals surface area (Å²) in [6.45, 7) is 9.42. The molecule has 0 aromatic heterocycles. The zero-order valence-corrected chi connectivity index (χ0v) is 13.1. The zero-order valence-electron chi connectivity index (χ0n) is 12.3. The van der Waals surface area contributed by atoms with Crippen molar-refractivity contribution in [3.8, 4) is 0 Å². The van der Waals surface area contributed by atoms with Crippen LogP contribution in [0.5, 0.6) is 0 Å². The molecule has 19 heavy (non-hydrogen) atoms. The van der Waals surface area contributed by atoms with Gasteiger partial charge in [0.15, 0.2) is 0 Å². The van der Waals surface area contributed by atoms with E-state index in [2.05, 4.69) is 45.1 Å². The molecule has 1 aliphatic heterocycles. The largest absolute Gasteiger partial charge is 0.373 e. The molecule has 0 amide bonds. The van der Waals surface area contributed by atoms with Gasteiger partial charge in [-0.05, 0) is 62.9 Å². The Balaban J connectivity index is 2.30. The molecule has 1 aromatic carbocycles. The molecule has 0 spiro atoms. The fraction of sp³-hybridized carbons (Fsp3) is 0.625. The molecular weight excluding hydrogens is 258 g/mol. The van der Waals surface area contributed by atoms with Gasteiger partial charge in [-0.2, -0.15) is 0 Å². The third kappa shape index (κ3) is 3.31. The van der Waals surface area contributed by atoms with Gasteiger partial charge >= 0.3 is 0 Å². The summed E-state index contributed by atoms with van der Waals surface area (Å²) in [5.41, 5.74) is 3.70. The molecule has 3 unspecified atom stereocenters. The van der Waals surface area contributed by atoms with Crippen LogP contribution in [0.3, 0.4) is 0 Å². The van der Waals surface area contributed by atoms with Crippen molar-refractivity contribution in [2.24, 2.45) is 0 Å². The molecule has 3 heteroatoms. The van der Waals surface area contributed by atoms with Crippen LogP contribution in [0.25, 0.3) is 0 Å². The van der Waals surface area contributed by atoms with Gasteiger partial charge in [-0.25, -0.2) is 0 Å². The summed E-state index contributed by atoms with van der Waals surface area (Å²) in [6, 6.07) is 4.47. The average molecular weight is 282 g/mol. The number of benzene rings is 1. The minimum atomic E-state index is 0.196. The fourth-order valence-corrected chi connectivity index (χ4v) is 3.12. The highest BCUT2D eigenvalue weighted by atomic mass is 35.5. The Morgan fingerprint density at radius 2 is 2.00 bits per heavy atom. The van der Waals surface area contributed by atoms with Gasteiger partial charge in [0.25, 0.3) is 0 Å². The number of ether oxygens (including phenoxy) is 1. The highest BCUT2D eigenvalue weighted by Gasteiger charge is 2.31. The number of halogens is 1. The summed E-state index contributed by atoms with van der Waals surface area (Å²) >= 11 is 6.45. The first-order valence-corrected chi connectivity index (χ1v) is 7.56. The second-order valence-electron chi connectivity index (χ2n) is 5.56. The molecule has 1 fully saturated rings. The van der Waals surface area contributed by atoms with Crippen molar-refractivity contribution in [3.05, 3.63) is 33.8 Å².